The number of hydrogen-bond donors (Lipinski definition) is 0. The van der Waals surface area contributed by atoms with Crippen LogP contribution in [0.25, 0.3) is 0 Å². The van der Waals surface area contributed by atoms with Gasteiger partial charge in [-0.05, 0) is 0 Å². The Morgan fingerprint density at radius 1 is 0.333 bits per heavy atom. The maximum Gasteiger partial charge on any atom is 2.00 e. The summed E-state index contributed by atoms with van der Waals surface area (Å²) in [6.45, 7) is 0. The maximum atomic E-state index is 9.99. The Labute approximate surface area is 186 Å². The van der Waals surface area contributed by atoms with E-state index in [4.69, 9.17) is 55.5 Å². The summed E-state index contributed by atoms with van der Waals surface area (Å²) in [7, 11) is -23.3. The van der Waals surface area contributed by atoms with Crippen molar-refractivity contribution >= 4 is 55.6 Å². The summed E-state index contributed by atoms with van der Waals surface area (Å²) in [5.41, 5.74) is 0. The number of rotatable bonds is 0. The normalized spacial score (nSPS) is 5.56. The molecule has 0 heterocycles. The summed E-state index contributed by atoms with van der Waals surface area (Å²) >= 11 is 0. The van der Waals surface area contributed by atoms with E-state index in [1.165, 1.54) is 0 Å². The van der Waals surface area contributed by atoms with E-state index >= 15 is 0 Å². The summed E-state index contributed by atoms with van der Waals surface area (Å²) in [6.07, 6.45) is 0. The first kappa shape index (κ1) is 56.3. The number of hydrogen-bond acceptors (Lipinski definition) is 12. The largest absolute Gasteiger partial charge is 2.00 e. The molecule has 0 aliphatic carbocycles. The second-order valence-electron chi connectivity index (χ2n) is 1.43. The van der Waals surface area contributed by atoms with Crippen LogP contribution in [0.1, 0.15) is 0 Å². The minimum Gasteiger partial charge on any atom is -0.560 e. The van der Waals surface area contributed by atoms with Crippen LogP contribution in [-0.4, -0.2) is 55.6 Å². The van der Waals surface area contributed by atoms with Crippen molar-refractivity contribution in [1.29, 1.82) is 0 Å². The average molecular weight is 665 g/mol. The molecule has 3 radical (unpaired) electrons. The molecule has 0 aliphatic rings. The first-order valence-corrected chi connectivity index (χ1v) is 10.8. The van der Waals surface area contributed by atoms with Crippen LogP contribution < -0.4 is 28.8 Å². The van der Waals surface area contributed by atoms with Gasteiger partial charge in [-0.2, -0.15) is 0 Å². The van der Waals surface area contributed by atoms with E-state index < -0.39 is 55.6 Å². The maximum absolute atomic E-state index is 9.99. The van der Waals surface area contributed by atoms with E-state index in [1.807, 2.05) is 0 Å². The Bertz CT molecular complexity index is 281. The molecule has 0 aliphatic heterocycles. The minimum atomic E-state index is -3.88. The molecule has 0 fully saturated rings. The molecule has 0 atom stereocenters. The van der Waals surface area contributed by atoms with Gasteiger partial charge >= 0.3 is 107 Å². The van der Waals surface area contributed by atoms with Crippen LogP contribution in [0.4, 0.5) is 24.6 Å². The van der Waals surface area contributed by atoms with E-state index in [-0.39, 0.29) is 51.2 Å². The molecule has 27 heavy (non-hydrogen) atoms. The first-order chi connectivity index (χ1) is 10.4. The average Bonchev–Trinajstić information content (AvgIpc) is 2.08. The van der Waals surface area contributed by atoms with Gasteiger partial charge in [-0.15, -0.1) is 0 Å². The van der Waals surface area contributed by atoms with Crippen LogP contribution in [-0.2, 0) is 78.0 Å². The van der Waals surface area contributed by atoms with E-state index in [0.717, 1.165) is 0 Å². The zero-order chi connectivity index (χ0) is 21.5. The van der Waals surface area contributed by atoms with Crippen LogP contribution >= 0.6 is 0 Å². The quantitative estimate of drug-likeness (QED) is 0.133. The molecule has 0 amide bonds. The molecule has 0 unspecified atom stereocenters. The van der Waals surface area contributed by atoms with Gasteiger partial charge in [0.05, 0.1) is 0 Å². The zero-order valence-electron chi connectivity index (χ0n) is 11.1. The fraction of sp³-hybridized carbons (Fsp3) is 0. The van der Waals surface area contributed by atoms with Crippen molar-refractivity contribution < 1.29 is 131 Å². The Morgan fingerprint density at radius 2 is 0.333 bits per heavy atom. The molecule has 0 bridgehead atoms. The minimum absolute atomic E-state index is 0. The molecule has 12 nitrogen and oxygen atoms in total. The van der Waals surface area contributed by atoms with Gasteiger partial charge in [0, 0.05) is 0 Å². The summed E-state index contributed by atoms with van der Waals surface area (Å²) in [5, 5.41) is 0. The van der Waals surface area contributed by atoms with Crippen molar-refractivity contribution in [2.45, 2.75) is 0 Å². The fourth-order valence-corrected chi connectivity index (χ4v) is 0. The standard InChI is InChI=1S/3Cu.6FO2Si/c;;;6*1-4(2)3/q3*+2;6*-1. The van der Waals surface area contributed by atoms with Gasteiger partial charge in [0.1, 0.15) is 0 Å². The molecule has 0 aromatic heterocycles. The van der Waals surface area contributed by atoms with E-state index in [1.54, 1.807) is 0 Å². The third-order valence-electron chi connectivity index (χ3n) is 0. The Morgan fingerprint density at radius 3 is 0.333 bits per heavy atom. The summed E-state index contributed by atoms with van der Waals surface area (Å²) in [5.74, 6) is 0. The second kappa shape index (κ2) is 50.2. The zero-order valence-corrected chi connectivity index (χ0v) is 19.9. The van der Waals surface area contributed by atoms with Gasteiger partial charge in [-0.25, -0.2) is 0 Å². The van der Waals surface area contributed by atoms with Gasteiger partial charge in [0.15, 0.2) is 0 Å². The van der Waals surface area contributed by atoms with Gasteiger partial charge in [0.25, 0.3) is 0 Å². The van der Waals surface area contributed by atoms with Crippen LogP contribution in [0.5, 0.6) is 0 Å². The summed E-state index contributed by atoms with van der Waals surface area (Å²) in [6, 6.07) is 0. The van der Waals surface area contributed by atoms with Gasteiger partial charge in [0.2, 0.25) is 0 Å². The van der Waals surface area contributed by atoms with Crippen LogP contribution in [0.15, 0.2) is 0 Å². The van der Waals surface area contributed by atoms with Crippen LogP contribution in [0, 0.1) is 0 Å². The van der Waals surface area contributed by atoms with E-state index in [2.05, 4.69) is 0 Å². The topological polar surface area (TPSA) is 241 Å². The molecule has 0 saturated carbocycles. The molecule has 171 valence electrons. The van der Waals surface area contributed by atoms with Gasteiger partial charge in [-0.1, -0.05) is 0 Å². The SMILES string of the molecule is O=[Si]([O-])F.O=[Si]([O-])F.O=[Si]([O-])F.O=[Si]([O-])F.O=[Si]([O-])F.O=[Si]([O-])F.[Cu+2].[Cu+2].[Cu+2]. The Hall–Kier alpha value is 0.0397. The van der Waals surface area contributed by atoms with Crippen LogP contribution in [0.2, 0.25) is 0 Å². The summed E-state index contributed by atoms with van der Waals surface area (Å²) < 4.78 is 110. The molecule has 27 heteroatoms. The molecule has 0 N–H and O–H groups in total. The van der Waals surface area contributed by atoms with E-state index in [9.17, 15) is 24.6 Å². The van der Waals surface area contributed by atoms with Crippen molar-refractivity contribution in [3.8, 4) is 0 Å². The summed E-state index contributed by atoms with van der Waals surface area (Å²) in [4.78, 5) is 50.4. The van der Waals surface area contributed by atoms with Crippen molar-refractivity contribution in [3.63, 3.8) is 0 Å². The Kier molecular flexibility index (Phi) is 105. The van der Waals surface area contributed by atoms with E-state index in [0.29, 0.717) is 0 Å². The molecule has 0 saturated heterocycles. The molecule has 0 aromatic carbocycles. The van der Waals surface area contributed by atoms with Crippen molar-refractivity contribution in [1.82, 2.24) is 0 Å². The third kappa shape index (κ3) is 9530000. The molecular weight excluding hydrogens is 665 g/mol. The predicted molar refractivity (Wildman–Crippen MR) is 45.3 cm³/mol. The van der Waals surface area contributed by atoms with Crippen molar-refractivity contribution in [3.05, 3.63) is 0 Å². The molecular formula is Cu3F6O12Si6. The third-order valence-corrected chi connectivity index (χ3v) is 0. The second-order valence-corrected chi connectivity index (χ2v) is 4.28. The number of halogens is 6. The fourth-order valence-electron chi connectivity index (χ4n) is 0. The smallest absolute Gasteiger partial charge is 0.560 e. The Balaban J connectivity index is -0.0000000201. The monoisotopic (exact) mass is 663 g/mol. The predicted octanol–water partition coefficient (Wildman–Crippen LogP) is -7.62. The van der Waals surface area contributed by atoms with Gasteiger partial charge in [-0.3, -0.25) is 24.6 Å². The van der Waals surface area contributed by atoms with Crippen LogP contribution in [0.3, 0.4) is 0 Å². The van der Waals surface area contributed by atoms with Crippen molar-refractivity contribution in [2.75, 3.05) is 0 Å². The molecule has 0 spiro atoms. The molecule has 0 rings (SSSR count). The first-order valence-electron chi connectivity index (χ1n) is 3.58. The van der Waals surface area contributed by atoms with Crippen molar-refractivity contribution in [2.24, 2.45) is 0 Å². The molecule has 0 aromatic rings. The van der Waals surface area contributed by atoms with Gasteiger partial charge < -0.3 is 55.5 Å².